The Morgan fingerprint density at radius 2 is 2.50 bits per heavy atom. The number of rotatable bonds is 2. The van der Waals surface area contributed by atoms with E-state index in [1.54, 1.807) is 0 Å². The summed E-state index contributed by atoms with van der Waals surface area (Å²) in [5, 5.41) is 14.0. The van der Waals surface area contributed by atoms with Crippen LogP contribution in [0.5, 0.6) is 0 Å². The molecule has 1 atom stereocenters. The van der Waals surface area contributed by atoms with E-state index >= 15 is 0 Å². The van der Waals surface area contributed by atoms with Crippen molar-refractivity contribution < 1.29 is 4.79 Å². The summed E-state index contributed by atoms with van der Waals surface area (Å²) in [6.45, 7) is 0. The third-order valence-corrected chi connectivity index (χ3v) is 3.63. The number of hydrogen-bond donors (Lipinski definition) is 3. The predicted molar refractivity (Wildman–Crippen MR) is 66.2 cm³/mol. The van der Waals surface area contributed by atoms with Gasteiger partial charge in [0, 0.05) is 23.3 Å². The van der Waals surface area contributed by atoms with Gasteiger partial charge in [0.05, 0.1) is 6.20 Å². The van der Waals surface area contributed by atoms with Crippen LogP contribution in [0.2, 0.25) is 0 Å². The number of H-pyrrole nitrogens is 1. The molecule has 0 spiro atoms. The van der Waals surface area contributed by atoms with E-state index in [0.29, 0.717) is 5.00 Å². The third-order valence-electron chi connectivity index (χ3n) is 3.08. The number of nitrogen functional groups attached to an aromatic ring is 1. The zero-order valence-electron chi connectivity index (χ0n) is 9.51. The van der Waals surface area contributed by atoms with Crippen molar-refractivity contribution in [1.82, 2.24) is 25.1 Å². The summed E-state index contributed by atoms with van der Waals surface area (Å²) in [6, 6.07) is 0.101. The van der Waals surface area contributed by atoms with Gasteiger partial charge in [-0.05, 0) is 24.8 Å². The van der Waals surface area contributed by atoms with E-state index in [2.05, 4.69) is 25.1 Å². The summed E-state index contributed by atoms with van der Waals surface area (Å²) in [5.41, 5.74) is 8.17. The van der Waals surface area contributed by atoms with Gasteiger partial charge in [0.2, 0.25) is 0 Å². The van der Waals surface area contributed by atoms with Crippen LogP contribution in [0.1, 0.15) is 28.2 Å². The van der Waals surface area contributed by atoms with E-state index in [9.17, 15) is 4.79 Å². The molecule has 0 saturated heterocycles. The fraction of sp³-hybridized carbons (Fsp3) is 0.400. The first-order chi connectivity index (χ1) is 8.74. The zero-order chi connectivity index (χ0) is 12.5. The summed E-state index contributed by atoms with van der Waals surface area (Å²) in [4.78, 5) is 11.9. The van der Waals surface area contributed by atoms with Crippen LogP contribution in [0.3, 0.4) is 0 Å². The van der Waals surface area contributed by atoms with Crippen LogP contribution >= 0.6 is 11.5 Å². The lowest BCUT2D eigenvalue weighted by Gasteiger charge is -2.22. The quantitative estimate of drug-likeness (QED) is 0.714. The van der Waals surface area contributed by atoms with E-state index in [1.807, 2.05) is 6.20 Å². The standard InChI is InChI=1S/C10H12N6OS/c11-9-8(15-16-18-9)10(17)13-6-1-2-7-5(3-6)4-12-14-7/h4,6H,1-3,11H2,(H,12,14)(H,13,17). The average molecular weight is 264 g/mol. The lowest BCUT2D eigenvalue weighted by molar-refractivity contribution is 0.0929. The van der Waals surface area contributed by atoms with E-state index in [1.165, 1.54) is 0 Å². The van der Waals surface area contributed by atoms with Gasteiger partial charge in [-0.15, -0.1) is 5.10 Å². The first-order valence-electron chi connectivity index (χ1n) is 5.64. The van der Waals surface area contributed by atoms with Crippen molar-refractivity contribution >= 4 is 22.4 Å². The highest BCUT2D eigenvalue weighted by molar-refractivity contribution is 7.10. The molecule has 2 aromatic heterocycles. The average Bonchev–Trinajstić information content (AvgIpc) is 2.96. The number of nitrogens with zero attached hydrogens (tertiary/aromatic N) is 3. The van der Waals surface area contributed by atoms with Crippen molar-refractivity contribution in [2.45, 2.75) is 25.3 Å². The number of nitrogens with two attached hydrogens (primary N) is 1. The largest absolute Gasteiger partial charge is 0.387 e. The van der Waals surface area contributed by atoms with Crippen molar-refractivity contribution in [3.05, 3.63) is 23.1 Å². The van der Waals surface area contributed by atoms with Crippen molar-refractivity contribution in [2.75, 3.05) is 5.73 Å². The van der Waals surface area contributed by atoms with Crippen LogP contribution in [-0.4, -0.2) is 31.7 Å². The highest BCUT2D eigenvalue weighted by Gasteiger charge is 2.23. The van der Waals surface area contributed by atoms with Crippen LogP contribution in [0.25, 0.3) is 0 Å². The first-order valence-corrected chi connectivity index (χ1v) is 6.41. The minimum absolute atomic E-state index is 0.101. The molecule has 2 aromatic rings. The van der Waals surface area contributed by atoms with Crippen molar-refractivity contribution in [1.29, 1.82) is 0 Å². The molecule has 1 unspecified atom stereocenters. The maximum Gasteiger partial charge on any atom is 0.275 e. The van der Waals surface area contributed by atoms with E-state index < -0.39 is 0 Å². The second-order valence-corrected chi connectivity index (χ2v) is 5.06. The van der Waals surface area contributed by atoms with E-state index in [4.69, 9.17) is 5.73 Å². The highest BCUT2D eigenvalue weighted by Crippen LogP contribution is 2.19. The topological polar surface area (TPSA) is 110 Å². The number of aromatic nitrogens is 4. The van der Waals surface area contributed by atoms with E-state index in [0.717, 1.165) is 42.1 Å². The van der Waals surface area contributed by atoms with Crippen LogP contribution in [0.4, 0.5) is 5.00 Å². The number of carbonyl (C=O) groups is 1. The molecule has 2 heterocycles. The molecule has 0 fully saturated rings. The zero-order valence-corrected chi connectivity index (χ0v) is 10.3. The summed E-state index contributed by atoms with van der Waals surface area (Å²) in [5.74, 6) is -0.252. The minimum Gasteiger partial charge on any atom is -0.387 e. The fourth-order valence-electron chi connectivity index (χ4n) is 2.15. The minimum atomic E-state index is -0.252. The molecule has 0 bridgehead atoms. The second kappa shape index (κ2) is 4.37. The molecule has 1 aliphatic rings. The van der Waals surface area contributed by atoms with Crippen molar-refractivity contribution in [3.8, 4) is 0 Å². The van der Waals surface area contributed by atoms with Crippen molar-refractivity contribution in [2.24, 2.45) is 0 Å². The van der Waals surface area contributed by atoms with Gasteiger partial charge in [0.25, 0.3) is 5.91 Å². The molecule has 1 aliphatic carbocycles. The number of amides is 1. The monoisotopic (exact) mass is 264 g/mol. The summed E-state index contributed by atoms with van der Waals surface area (Å²) in [6.07, 6.45) is 4.38. The highest BCUT2D eigenvalue weighted by atomic mass is 32.1. The molecule has 0 saturated carbocycles. The van der Waals surface area contributed by atoms with Gasteiger partial charge >= 0.3 is 0 Å². The lowest BCUT2D eigenvalue weighted by Crippen LogP contribution is -2.39. The van der Waals surface area contributed by atoms with Gasteiger partial charge in [-0.25, -0.2) is 0 Å². The molecule has 0 aromatic carbocycles. The fourth-order valence-corrected chi connectivity index (χ4v) is 2.58. The molecule has 3 rings (SSSR count). The number of hydrogen-bond acceptors (Lipinski definition) is 6. The number of anilines is 1. The molecule has 4 N–H and O–H groups in total. The smallest absolute Gasteiger partial charge is 0.275 e. The number of nitrogens with one attached hydrogen (secondary N) is 2. The molecular formula is C10H12N6OS. The van der Waals surface area contributed by atoms with Crippen LogP contribution in [0, 0.1) is 0 Å². The molecule has 1 amide bonds. The predicted octanol–water partition coefficient (Wildman–Crippen LogP) is 0.131. The molecule has 8 heteroatoms. The van der Waals surface area contributed by atoms with Gasteiger partial charge in [-0.1, -0.05) is 4.49 Å². The summed E-state index contributed by atoms with van der Waals surface area (Å²) >= 11 is 1.03. The summed E-state index contributed by atoms with van der Waals surface area (Å²) in [7, 11) is 0. The molecule has 0 aliphatic heterocycles. The molecular weight excluding hydrogens is 252 g/mol. The Labute approximate surface area is 107 Å². The SMILES string of the molecule is Nc1snnc1C(=O)NC1CCc2[nH]ncc2C1. The Bertz CT molecular complexity index is 576. The Hall–Kier alpha value is -1.96. The maximum atomic E-state index is 11.9. The Balaban J connectivity index is 1.68. The van der Waals surface area contributed by atoms with Gasteiger partial charge < -0.3 is 11.1 Å². The van der Waals surface area contributed by atoms with Gasteiger partial charge in [-0.2, -0.15) is 5.10 Å². The number of fused-ring (bicyclic) bond motifs is 1. The Morgan fingerprint density at radius 1 is 1.61 bits per heavy atom. The van der Waals surface area contributed by atoms with E-state index in [-0.39, 0.29) is 17.6 Å². The molecule has 0 radical (unpaired) electrons. The van der Waals surface area contributed by atoms with Crippen LogP contribution < -0.4 is 11.1 Å². The van der Waals surface area contributed by atoms with Crippen LogP contribution in [-0.2, 0) is 12.8 Å². The second-order valence-electron chi connectivity index (χ2n) is 4.27. The van der Waals surface area contributed by atoms with Gasteiger partial charge in [0.15, 0.2) is 5.69 Å². The molecule has 94 valence electrons. The lowest BCUT2D eigenvalue weighted by atomic mass is 9.93. The van der Waals surface area contributed by atoms with Crippen LogP contribution in [0.15, 0.2) is 6.20 Å². The number of aryl methyl sites for hydroxylation is 1. The number of aromatic amines is 1. The van der Waals surface area contributed by atoms with Gasteiger partial charge in [-0.3, -0.25) is 9.89 Å². The first kappa shape index (κ1) is 11.1. The third kappa shape index (κ3) is 1.94. The van der Waals surface area contributed by atoms with Gasteiger partial charge in [0.1, 0.15) is 5.00 Å². The summed E-state index contributed by atoms with van der Waals surface area (Å²) < 4.78 is 3.65. The Morgan fingerprint density at radius 3 is 3.28 bits per heavy atom. The molecule has 18 heavy (non-hydrogen) atoms. The normalized spacial score (nSPS) is 18.3. The van der Waals surface area contributed by atoms with Crippen molar-refractivity contribution in [3.63, 3.8) is 0 Å². The molecule has 7 nitrogen and oxygen atoms in total. The number of carbonyl (C=O) groups excluding carboxylic acids is 1. The Kier molecular flexibility index (Phi) is 2.71. The maximum absolute atomic E-state index is 11.9.